The Balaban J connectivity index is 0. The monoisotopic (exact) mass is 554 g/mol. The quantitative estimate of drug-likeness (QED) is 0.0869. The van der Waals surface area contributed by atoms with Crippen LogP contribution in [0.1, 0.15) is 129 Å². The molecular formula is C36H58O4. The van der Waals surface area contributed by atoms with E-state index in [0.29, 0.717) is 6.42 Å². The van der Waals surface area contributed by atoms with Crippen LogP contribution in [-0.2, 0) is 9.59 Å². The molecule has 0 atom stereocenters. The van der Waals surface area contributed by atoms with E-state index in [1.807, 2.05) is 0 Å². The Bertz CT molecular complexity index is 766. The molecule has 0 bridgehead atoms. The summed E-state index contributed by atoms with van der Waals surface area (Å²) >= 11 is 0. The maximum atomic E-state index is 10.3. The maximum absolute atomic E-state index is 10.3. The molecule has 2 N–H and O–H groups in total. The molecule has 0 spiro atoms. The van der Waals surface area contributed by atoms with Gasteiger partial charge in [-0.05, 0) is 83.5 Å². The second-order valence-corrected chi connectivity index (χ2v) is 9.63. The SMILES string of the molecule is CC/C=C\C/C=C\C/C=C\C/C=C\CCCCC(=O)O.CC/C=C\C/C=C\C/C=C\CCCCCCCC(=O)O. The van der Waals surface area contributed by atoms with Gasteiger partial charge in [-0.1, -0.05) is 118 Å². The van der Waals surface area contributed by atoms with Crippen molar-refractivity contribution in [3.8, 4) is 0 Å². The number of allylic oxidation sites excluding steroid dienone is 14. The van der Waals surface area contributed by atoms with Gasteiger partial charge >= 0.3 is 11.9 Å². The minimum absolute atomic E-state index is 0.285. The molecule has 0 unspecified atom stereocenters. The van der Waals surface area contributed by atoms with E-state index in [1.165, 1.54) is 12.8 Å². The van der Waals surface area contributed by atoms with Crippen LogP contribution in [0, 0.1) is 0 Å². The molecule has 40 heavy (non-hydrogen) atoms. The van der Waals surface area contributed by atoms with Crippen LogP contribution in [0.5, 0.6) is 0 Å². The molecule has 226 valence electrons. The molecular weight excluding hydrogens is 496 g/mol. The molecule has 0 aliphatic rings. The first kappa shape index (κ1) is 39.3. The minimum atomic E-state index is -0.699. The van der Waals surface area contributed by atoms with Crippen LogP contribution in [-0.4, -0.2) is 22.2 Å². The van der Waals surface area contributed by atoms with Crippen LogP contribution in [0.2, 0.25) is 0 Å². The second kappa shape index (κ2) is 36.1. The summed E-state index contributed by atoms with van der Waals surface area (Å²) in [6, 6.07) is 0. The first-order valence-electron chi connectivity index (χ1n) is 15.5. The summed E-state index contributed by atoms with van der Waals surface area (Å²) in [6.07, 6.45) is 47.8. The van der Waals surface area contributed by atoms with E-state index in [1.54, 1.807) is 0 Å². The lowest BCUT2D eigenvalue weighted by Crippen LogP contribution is -1.93. The lowest BCUT2D eigenvalue weighted by molar-refractivity contribution is -0.138. The van der Waals surface area contributed by atoms with Gasteiger partial charge < -0.3 is 10.2 Å². The van der Waals surface area contributed by atoms with Crippen LogP contribution in [0.4, 0.5) is 0 Å². The molecule has 0 heterocycles. The normalized spacial score (nSPS) is 12.2. The van der Waals surface area contributed by atoms with E-state index in [4.69, 9.17) is 10.2 Å². The third kappa shape index (κ3) is 42.2. The van der Waals surface area contributed by atoms with Crippen LogP contribution >= 0.6 is 0 Å². The molecule has 0 aromatic heterocycles. The van der Waals surface area contributed by atoms with Crippen LogP contribution in [0.15, 0.2) is 85.1 Å². The van der Waals surface area contributed by atoms with Crippen molar-refractivity contribution >= 4 is 11.9 Å². The highest BCUT2D eigenvalue weighted by Crippen LogP contribution is 2.08. The van der Waals surface area contributed by atoms with Crippen molar-refractivity contribution in [2.24, 2.45) is 0 Å². The molecule has 0 amide bonds. The van der Waals surface area contributed by atoms with E-state index in [9.17, 15) is 9.59 Å². The molecule has 4 heteroatoms. The van der Waals surface area contributed by atoms with Gasteiger partial charge in [0.2, 0.25) is 0 Å². The van der Waals surface area contributed by atoms with Crippen molar-refractivity contribution in [1.29, 1.82) is 0 Å². The predicted molar refractivity (Wildman–Crippen MR) is 174 cm³/mol. The van der Waals surface area contributed by atoms with Gasteiger partial charge in [-0.2, -0.15) is 0 Å². The van der Waals surface area contributed by atoms with E-state index >= 15 is 0 Å². The number of carbonyl (C=O) groups is 2. The van der Waals surface area contributed by atoms with Crippen molar-refractivity contribution in [3.63, 3.8) is 0 Å². The van der Waals surface area contributed by atoms with E-state index in [2.05, 4.69) is 98.9 Å². The number of aliphatic carboxylic acids is 2. The second-order valence-electron chi connectivity index (χ2n) is 9.63. The fraction of sp³-hybridized carbons (Fsp3) is 0.556. The summed E-state index contributed by atoms with van der Waals surface area (Å²) in [6.45, 7) is 4.29. The van der Waals surface area contributed by atoms with Gasteiger partial charge in [-0.15, -0.1) is 0 Å². The number of rotatable bonds is 25. The van der Waals surface area contributed by atoms with Crippen molar-refractivity contribution in [2.75, 3.05) is 0 Å². The Kier molecular flexibility index (Phi) is 35.5. The standard InChI is InChI=1S/C18H30O2.C18H28O2/c2*1-2-3-4-5-6-7-8-9-10-11-12-13-14-15-16-17-18(19)20/h3-4,6-7,9-10H,2,5,8,11-17H2,1H3,(H,19,20);3-4,6-7,9-10,12-13H,2,5,8,11,14-17H2,1H3,(H,19,20)/b4-3-,7-6-,10-9-;4-3-,7-6-,10-9-,13-12-. The van der Waals surface area contributed by atoms with Crippen LogP contribution < -0.4 is 0 Å². The summed E-state index contributed by atoms with van der Waals surface area (Å²) in [5.74, 6) is -1.37. The topological polar surface area (TPSA) is 74.6 Å². The molecule has 0 saturated carbocycles. The van der Waals surface area contributed by atoms with Gasteiger partial charge in [-0.3, -0.25) is 9.59 Å². The summed E-state index contributed by atoms with van der Waals surface area (Å²) in [5.41, 5.74) is 0. The lowest BCUT2D eigenvalue weighted by Gasteiger charge is -1.98. The van der Waals surface area contributed by atoms with Gasteiger partial charge in [0.25, 0.3) is 0 Å². The van der Waals surface area contributed by atoms with Crippen molar-refractivity contribution in [3.05, 3.63) is 85.1 Å². The maximum Gasteiger partial charge on any atom is 0.303 e. The Morgan fingerprint density at radius 3 is 1.05 bits per heavy atom. The van der Waals surface area contributed by atoms with E-state index in [0.717, 1.165) is 89.9 Å². The van der Waals surface area contributed by atoms with Crippen LogP contribution in [0.25, 0.3) is 0 Å². The lowest BCUT2D eigenvalue weighted by atomic mass is 10.1. The molecule has 4 nitrogen and oxygen atoms in total. The molecule has 0 aliphatic heterocycles. The first-order chi connectivity index (χ1) is 19.5. The zero-order chi connectivity index (χ0) is 29.8. The van der Waals surface area contributed by atoms with E-state index in [-0.39, 0.29) is 6.42 Å². The third-order valence-corrected chi connectivity index (χ3v) is 5.77. The number of carboxylic acids is 2. The van der Waals surface area contributed by atoms with Gasteiger partial charge in [0.05, 0.1) is 0 Å². The Morgan fingerprint density at radius 1 is 0.400 bits per heavy atom. The molecule has 0 aromatic rings. The van der Waals surface area contributed by atoms with E-state index < -0.39 is 11.9 Å². The first-order valence-corrected chi connectivity index (χ1v) is 15.5. The molecule has 0 aliphatic carbocycles. The Hall–Kier alpha value is -2.88. The minimum Gasteiger partial charge on any atom is -0.481 e. The Morgan fingerprint density at radius 2 is 0.675 bits per heavy atom. The fourth-order valence-corrected chi connectivity index (χ4v) is 3.53. The molecule has 0 rings (SSSR count). The van der Waals surface area contributed by atoms with Crippen molar-refractivity contribution < 1.29 is 19.8 Å². The molecule has 0 saturated heterocycles. The van der Waals surface area contributed by atoms with Gasteiger partial charge in [0.15, 0.2) is 0 Å². The largest absolute Gasteiger partial charge is 0.481 e. The average molecular weight is 555 g/mol. The van der Waals surface area contributed by atoms with Crippen molar-refractivity contribution in [1.82, 2.24) is 0 Å². The number of unbranched alkanes of at least 4 members (excludes halogenated alkanes) is 7. The number of carboxylic acid groups (broad SMARTS) is 2. The zero-order valence-corrected chi connectivity index (χ0v) is 25.5. The summed E-state index contributed by atoms with van der Waals surface area (Å²) < 4.78 is 0. The van der Waals surface area contributed by atoms with Crippen molar-refractivity contribution in [2.45, 2.75) is 129 Å². The number of hydrogen-bond donors (Lipinski definition) is 2. The summed E-state index contributed by atoms with van der Waals surface area (Å²) in [7, 11) is 0. The highest BCUT2D eigenvalue weighted by molar-refractivity contribution is 5.66. The van der Waals surface area contributed by atoms with Crippen LogP contribution in [0.3, 0.4) is 0 Å². The molecule has 0 fully saturated rings. The summed E-state index contributed by atoms with van der Waals surface area (Å²) in [4.78, 5) is 20.6. The smallest absolute Gasteiger partial charge is 0.303 e. The third-order valence-electron chi connectivity index (χ3n) is 5.77. The highest BCUT2D eigenvalue weighted by atomic mass is 16.4. The Labute approximate surface area is 246 Å². The van der Waals surface area contributed by atoms with Gasteiger partial charge in [-0.25, -0.2) is 0 Å². The predicted octanol–water partition coefficient (Wildman–Crippen LogP) is 11.1. The summed E-state index contributed by atoms with van der Waals surface area (Å²) in [5, 5.41) is 17.0. The average Bonchev–Trinajstić information content (AvgIpc) is 2.93. The number of hydrogen-bond acceptors (Lipinski definition) is 2. The van der Waals surface area contributed by atoms with Gasteiger partial charge in [0, 0.05) is 12.8 Å². The molecule has 0 radical (unpaired) electrons. The molecule has 0 aromatic carbocycles. The fourth-order valence-electron chi connectivity index (χ4n) is 3.53. The highest BCUT2D eigenvalue weighted by Gasteiger charge is 1.96. The zero-order valence-electron chi connectivity index (χ0n) is 25.5. The van der Waals surface area contributed by atoms with Gasteiger partial charge in [0.1, 0.15) is 0 Å².